The average molecular weight is 260 g/mol. The summed E-state index contributed by atoms with van der Waals surface area (Å²) in [5, 5.41) is 16.6. The molecule has 2 rings (SSSR count). The number of hydrogen-bond acceptors (Lipinski definition) is 5. The van der Waals surface area contributed by atoms with Gasteiger partial charge in [0.15, 0.2) is 0 Å². The molecule has 0 bridgehead atoms. The lowest BCUT2D eigenvalue weighted by atomic mass is 10.1. The molecule has 0 unspecified atom stereocenters. The molecule has 0 saturated heterocycles. The third-order valence-electron chi connectivity index (χ3n) is 2.57. The maximum atomic E-state index is 11.7. The Bertz CT molecular complexity index is 580. The smallest absolute Gasteiger partial charge is 0.288 e. The highest BCUT2D eigenvalue weighted by Gasteiger charge is 2.30. The summed E-state index contributed by atoms with van der Waals surface area (Å²) in [5.41, 5.74) is 5.22. The van der Waals surface area contributed by atoms with Crippen molar-refractivity contribution in [2.24, 2.45) is 16.1 Å². The molecular weight excluding hydrogens is 248 g/mol. The van der Waals surface area contributed by atoms with Crippen molar-refractivity contribution >= 4 is 23.7 Å². The third-order valence-corrected chi connectivity index (χ3v) is 2.57. The van der Waals surface area contributed by atoms with Gasteiger partial charge in [0, 0.05) is 0 Å². The van der Waals surface area contributed by atoms with E-state index in [0.717, 1.165) is 0 Å². The Morgan fingerprint density at radius 1 is 1.58 bits per heavy atom. The van der Waals surface area contributed by atoms with Crippen molar-refractivity contribution in [3.63, 3.8) is 0 Å². The highest BCUT2D eigenvalue weighted by molar-refractivity contribution is 6.44. The Labute approximate surface area is 109 Å². The fraction of sp³-hybridized carbons (Fsp3) is 0.167. The van der Waals surface area contributed by atoms with Crippen LogP contribution >= 0.6 is 0 Å². The molecule has 1 aromatic rings. The summed E-state index contributed by atoms with van der Waals surface area (Å²) in [6.45, 7) is 1.58. The van der Waals surface area contributed by atoms with Gasteiger partial charge in [-0.05, 0) is 24.6 Å². The van der Waals surface area contributed by atoms with Crippen molar-refractivity contribution < 1.29 is 14.7 Å². The van der Waals surface area contributed by atoms with Crippen LogP contribution in [0.2, 0.25) is 0 Å². The lowest BCUT2D eigenvalue weighted by molar-refractivity contribution is -0.122. The molecule has 1 aliphatic heterocycles. The molecule has 0 aromatic heterocycles. The van der Waals surface area contributed by atoms with Crippen molar-refractivity contribution in [1.29, 1.82) is 0 Å². The summed E-state index contributed by atoms with van der Waals surface area (Å²) in [6.07, 6.45) is 1.38. The second-order valence-electron chi connectivity index (χ2n) is 3.99. The Kier molecular flexibility index (Phi) is 3.56. The topological polar surface area (TPSA) is 103 Å². The summed E-state index contributed by atoms with van der Waals surface area (Å²) in [5.74, 6) is -1.33. The number of amides is 2. The highest BCUT2D eigenvalue weighted by Crippen LogP contribution is 2.09. The van der Waals surface area contributed by atoms with Crippen molar-refractivity contribution in [2.45, 2.75) is 6.92 Å². The van der Waals surface area contributed by atoms with Crippen LogP contribution in [0.3, 0.4) is 0 Å². The maximum Gasteiger partial charge on any atom is 0.288 e. The minimum absolute atomic E-state index is 0.0954. The molecule has 0 saturated carbocycles. The number of rotatable bonds is 3. The standard InChI is InChI=1S/C12H12N4O3/c1-7-10(14-16-11(7)18)12(19)15-13-6-8-3-2-4-9(17)5-8/h2-7,17H,1H3,(H,15,19)(H,16,18)/b13-6-/t7-/m0/s1. The largest absolute Gasteiger partial charge is 0.508 e. The number of phenols is 1. The van der Waals surface area contributed by atoms with E-state index in [4.69, 9.17) is 0 Å². The molecular formula is C12H12N4O3. The summed E-state index contributed by atoms with van der Waals surface area (Å²) < 4.78 is 0. The number of carbonyl (C=O) groups is 2. The van der Waals surface area contributed by atoms with Gasteiger partial charge in [-0.1, -0.05) is 12.1 Å². The van der Waals surface area contributed by atoms with E-state index >= 15 is 0 Å². The number of benzene rings is 1. The van der Waals surface area contributed by atoms with E-state index in [1.807, 2.05) is 0 Å². The van der Waals surface area contributed by atoms with Crippen LogP contribution < -0.4 is 10.9 Å². The molecule has 3 N–H and O–H groups in total. The summed E-state index contributed by atoms with van der Waals surface area (Å²) in [6, 6.07) is 6.40. The van der Waals surface area contributed by atoms with Gasteiger partial charge in [0.1, 0.15) is 11.5 Å². The Morgan fingerprint density at radius 3 is 3.00 bits per heavy atom. The maximum absolute atomic E-state index is 11.7. The third kappa shape index (κ3) is 2.95. The average Bonchev–Trinajstić information content (AvgIpc) is 2.70. The Hall–Kier alpha value is -2.70. The Morgan fingerprint density at radius 2 is 2.37 bits per heavy atom. The highest BCUT2D eigenvalue weighted by atomic mass is 16.3. The van der Waals surface area contributed by atoms with Crippen LogP contribution in [0.4, 0.5) is 0 Å². The molecule has 19 heavy (non-hydrogen) atoms. The van der Waals surface area contributed by atoms with Crippen molar-refractivity contribution in [3.05, 3.63) is 29.8 Å². The fourth-order valence-corrected chi connectivity index (χ4v) is 1.51. The first-order valence-electron chi connectivity index (χ1n) is 5.58. The number of carbonyl (C=O) groups excluding carboxylic acids is 2. The van der Waals surface area contributed by atoms with Crippen LogP contribution in [0.25, 0.3) is 0 Å². The van der Waals surface area contributed by atoms with Gasteiger partial charge in [-0.3, -0.25) is 9.59 Å². The Balaban J connectivity index is 1.96. The number of aromatic hydroxyl groups is 1. The predicted molar refractivity (Wildman–Crippen MR) is 68.6 cm³/mol. The molecule has 0 radical (unpaired) electrons. The lowest BCUT2D eigenvalue weighted by Gasteiger charge is -2.01. The van der Waals surface area contributed by atoms with Gasteiger partial charge < -0.3 is 5.11 Å². The van der Waals surface area contributed by atoms with E-state index in [0.29, 0.717) is 5.56 Å². The second kappa shape index (κ2) is 5.30. The zero-order valence-corrected chi connectivity index (χ0v) is 10.1. The first-order valence-corrected chi connectivity index (χ1v) is 5.58. The van der Waals surface area contributed by atoms with Crippen molar-refractivity contribution in [1.82, 2.24) is 10.9 Å². The molecule has 0 fully saturated rings. The van der Waals surface area contributed by atoms with E-state index in [9.17, 15) is 14.7 Å². The number of phenolic OH excluding ortho intramolecular Hbond substituents is 1. The molecule has 0 aliphatic carbocycles. The summed E-state index contributed by atoms with van der Waals surface area (Å²) >= 11 is 0. The second-order valence-corrected chi connectivity index (χ2v) is 3.99. The molecule has 1 atom stereocenters. The van der Waals surface area contributed by atoms with Crippen LogP contribution in [-0.4, -0.2) is 28.8 Å². The van der Waals surface area contributed by atoms with Gasteiger partial charge in [-0.25, -0.2) is 10.9 Å². The van der Waals surface area contributed by atoms with Gasteiger partial charge in [-0.2, -0.15) is 10.2 Å². The van der Waals surface area contributed by atoms with E-state index in [-0.39, 0.29) is 17.4 Å². The zero-order chi connectivity index (χ0) is 13.8. The summed E-state index contributed by atoms with van der Waals surface area (Å²) in [7, 11) is 0. The van der Waals surface area contributed by atoms with Crippen LogP contribution in [0.5, 0.6) is 5.75 Å². The van der Waals surface area contributed by atoms with Crippen LogP contribution in [0.15, 0.2) is 34.5 Å². The first-order chi connectivity index (χ1) is 9.08. The quantitative estimate of drug-likeness (QED) is 0.525. The van der Waals surface area contributed by atoms with E-state index < -0.39 is 11.8 Å². The minimum Gasteiger partial charge on any atom is -0.508 e. The monoisotopic (exact) mass is 260 g/mol. The molecule has 1 heterocycles. The number of hydrogen-bond donors (Lipinski definition) is 3. The van der Waals surface area contributed by atoms with Gasteiger partial charge in [0.05, 0.1) is 12.1 Å². The van der Waals surface area contributed by atoms with E-state index in [1.165, 1.54) is 18.3 Å². The van der Waals surface area contributed by atoms with Gasteiger partial charge in [0.25, 0.3) is 5.91 Å². The molecule has 2 amide bonds. The molecule has 7 nitrogen and oxygen atoms in total. The van der Waals surface area contributed by atoms with E-state index in [2.05, 4.69) is 21.1 Å². The molecule has 98 valence electrons. The van der Waals surface area contributed by atoms with Crippen LogP contribution in [0.1, 0.15) is 12.5 Å². The number of nitrogens with zero attached hydrogens (tertiary/aromatic N) is 2. The van der Waals surface area contributed by atoms with Gasteiger partial charge in [0.2, 0.25) is 5.91 Å². The molecule has 1 aliphatic rings. The first kappa shape index (κ1) is 12.7. The van der Waals surface area contributed by atoms with Crippen molar-refractivity contribution in [2.75, 3.05) is 0 Å². The zero-order valence-electron chi connectivity index (χ0n) is 10.1. The minimum atomic E-state index is -0.587. The van der Waals surface area contributed by atoms with Gasteiger partial charge >= 0.3 is 0 Å². The molecule has 1 aromatic carbocycles. The molecule has 7 heteroatoms. The number of hydrazone groups is 2. The molecule has 0 spiro atoms. The number of nitrogens with one attached hydrogen (secondary N) is 2. The van der Waals surface area contributed by atoms with Crippen molar-refractivity contribution in [3.8, 4) is 5.75 Å². The van der Waals surface area contributed by atoms with Gasteiger partial charge in [-0.15, -0.1) is 0 Å². The predicted octanol–water partition coefficient (Wildman–Crippen LogP) is -0.0358. The lowest BCUT2D eigenvalue weighted by Crippen LogP contribution is -2.32. The SMILES string of the molecule is C[C@@H]1C(=O)NN=C1C(=O)N/N=C\c1cccc(O)c1. The fourth-order valence-electron chi connectivity index (χ4n) is 1.51. The normalized spacial score (nSPS) is 18.3. The summed E-state index contributed by atoms with van der Waals surface area (Å²) in [4.78, 5) is 22.8. The van der Waals surface area contributed by atoms with E-state index in [1.54, 1.807) is 19.1 Å². The van der Waals surface area contributed by atoms with Crippen LogP contribution in [0, 0.1) is 5.92 Å². The van der Waals surface area contributed by atoms with Crippen LogP contribution in [-0.2, 0) is 9.59 Å².